The van der Waals surface area contributed by atoms with E-state index in [1.165, 1.54) is 0 Å². The van der Waals surface area contributed by atoms with Gasteiger partial charge in [0.15, 0.2) is 0 Å². The first-order chi connectivity index (χ1) is 14.8. The summed E-state index contributed by atoms with van der Waals surface area (Å²) in [6, 6.07) is 7.39. The second-order valence-corrected chi connectivity index (χ2v) is 9.72. The van der Waals surface area contributed by atoms with E-state index in [1.807, 2.05) is 24.3 Å². The highest BCUT2D eigenvalue weighted by molar-refractivity contribution is 9.11. The number of hydrogen-bond donors (Lipinski definition) is 6. The third kappa shape index (κ3) is 14.1. The Morgan fingerprint density at radius 1 is 0.719 bits per heavy atom. The first-order valence-electron chi connectivity index (χ1n) is 8.99. The molecule has 0 bridgehead atoms. The molecule has 0 saturated heterocycles. The number of hydrogen-bond acceptors (Lipinski definition) is 6. The van der Waals surface area contributed by atoms with E-state index < -0.39 is 11.9 Å². The third-order valence-electron chi connectivity index (χ3n) is 3.32. The van der Waals surface area contributed by atoms with Crippen molar-refractivity contribution in [2.45, 2.75) is 26.9 Å². The first kappa shape index (κ1) is 30.8. The molecule has 0 spiro atoms. The largest absolute Gasteiger partial charge is 0.506 e. The number of benzene rings is 2. The first-order valence-corrected chi connectivity index (χ1v) is 12.2. The summed E-state index contributed by atoms with van der Waals surface area (Å²) in [4.78, 5) is 18.0. The standard InChI is InChI=1S/C16H16Br4N2O2.2C2H4O2/c17-11-3-9(15(23)13(19)5-11)7-21-1-2-22-8-10-4-12(18)6-14(20)16(10)24;2*1-2(3)4/h3-6,21-24H,1-2,7-8H2;2*1H3,(H,3,4). The number of nitrogens with one attached hydrogen (secondary N) is 2. The van der Waals surface area contributed by atoms with Crippen LogP contribution in [0.3, 0.4) is 0 Å². The summed E-state index contributed by atoms with van der Waals surface area (Å²) in [6.07, 6.45) is 0. The Balaban J connectivity index is 0.00000104. The van der Waals surface area contributed by atoms with Gasteiger partial charge >= 0.3 is 0 Å². The maximum Gasteiger partial charge on any atom is 0.300 e. The Morgan fingerprint density at radius 3 is 1.28 bits per heavy atom. The fraction of sp³-hybridized carbons (Fsp3) is 0.300. The van der Waals surface area contributed by atoms with Gasteiger partial charge in [0.25, 0.3) is 11.9 Å². The van der Waals surface area contributed by atoms with Crippen LogP contribution in [-0.2, 0) is 22.7 Å². The predicted molar refractivity (Wildman–Crippen MR) is 137 cm³/mol. The van der Waals surface area contributed by atoms with E-state index in [1.54, 1.807) is 0 Å². The molecule has 0 aliphatic carbocycles. The van der Waals surface area contributed by atoms with Crippen LogP contribution < -0.4 is 10.6 Å². The van der Waals surface area contributed by atoms with Crippen LogP contribution >= 0.6 is 63.7 Å². The van der Waals surface area contributed by atoms with Crippen molar-refractivity contribution in [3.8, 4) is 11.5 Å². The van der Waals surface area contributed by atoms with E-state index in [-0.39, 0.29) is 11.5 Å². The number of carbonyl (C=O) groups is 2. The Kier molecular flexibility index (Phi) is 15.8. The SMILES string of the molecule is CC(=O)O.CC(=O)O.Oc1c(Br)cc(Br)cc1CNCCNCc1cc(Br)cc(Br)c1O. The zero-order valence-corrected chi connectivity index (χ0v) is 23.6. The van der Waals surface area contributed by atoms with Gasteiger partial charge in [0.1, 0.15) is 11.5 Å². The van der Waals surface area contributed by atoms with Gasteiger partial charge in [-0.15, -0.1) is 0 Å². The number of phenols is 2. The molecule has 0 heterocycles. The third-order valence-corrected chi connectivity index (χ3v) is 5.45. The highest BCUT2D eigenvalue weighted by Gasteiger charge is 2.08. The van der Waals surface area contributed by atoms with Crippen molar-refractivity contribution in [2.75, 3.05) is 13.1 Å². The molecule has 2 aromatic carbocycles. The van der Waals surface area contributed by atoms with Gasteiger partial charge in [0.2, 0.25) is 0 Å². The van der Waals surface area contributed by atoms with Crippen LogP contribution in [-0.4, -0.2) is 45.5 Å². The molecule has 6 N–H and O–H groups in total. The fourth-order valence-electron chi connectivity index (χ4n) is 2.13. The summed E-state index contributed by atoms with van der Waals surface area (Å²) in [5.41, 5.74) is 1.65. The van der Waals surface area contributed by atoms with Gasteiger partial charge in [0.05, 0.1) is 8.95 Å². The minimum atomic E-state index is -0.833. The summed E-state index contributed by atoms with van der Waals surface area (Å²) in [6.45, 7) is 4.78. The van der Waals surface area contributed by atoms with Crippen molar-refractivity contribution in [1.29, 1.82) is 0 Å². The molecule has 12 heteroatoms. The molecule has 0 unspecified atom stereocenters. The van der Waals surface area contributed by atoms with E-state index in [0.29, 0.717) is 22.0 Å². The molecule has 0 saturated carbocycles. The lowest BCUT2D eigenvalue weighted by Crippen LogP contribution is -2.26. The van der Waals surface area contributed by atoms with Crippen molar-refractivity contribution in [3.05, 3.63) is 53.3 Å². The second-order valence-electron chi connectivity index (χ2n) is 6.18. The van der Waals surface area contributed by atoms with Crippen LogP contribution in [0.4, 0.5) is 0 Å². The van der Waals surface area contributed by atoms with Crippen molar-refractivity contribution in [2.24, 2.45) is 0 Å². The molecular weight excluding hydrogens is 684 g/mol. The van der Waals surface area contributed by atoms with Crippen LogP contribution in [0.15, 0.2) is 42.2 Å². The lowest BCUT2D eigenvalue weighted by Gasteiger charge is -2.11. The van der Waals surface area contributed by atoms with Gasteiger partial charge in [-0.25, -0.2) is 0 Å². The summed E-state index contributed by atoms with van der Waals surface area (Å²) in [7, 11) is 0. The monoisotopic (exact) mass is 704 g/mol. The van der Waals surface area contributed by atoms with E-state index in [4.69, 9.17) is 19.8 Å². The molecular formula is C20H24Br4N2O6. The summed E-state index contributed by atoms with van der Waals surface area (Å²) in [5, 5.41) is 41.4. The molecule has 8 nitrogen and oxygen atoms in total. The fourth-order valence-corrected chi connectivity index (χ4v) is 4.76. The molecule has 0 radical (unpaired) electrons. The van der Waals surface area contributed by atoms with Crippen LogP contribution in [0.2, 0.25) is 0 Å². The minimum absolute atomic E-state index is 0.252. The highest BCUT2D eigenvalue weighted by atomic mass is 79.9. The van der Waals surface area contributed by atoms with Crippen molar-refractivity contribution in [3.63, 3.8) is 0 Å². The molecule has 2 rings (SSSR count). The van der Waals surface area contributed by atoms with Crippen LogP contribution in [0.25, 0.3) is 0 Å². The second kappa shape index (κ2) is 16.4. The summed E-state index contributed by atoms with van der Waals surface area (Å²) < 4.78 is 3.17. The zero-order chi connectivity index (χ0) is 24.8. The Labute approximate surface area is 219 Å². The van der Waals surface area contributed by atoms with Gasteiger partial charge in [-0.1, -0.05) is 31.9 Å². The lowest BCUT2D eigenvalue weighted by molar-refractivity contribution is -0.135. The highest BCUT2D eigenvalue weighted by Crippen LogP contribution is 2.32. The van der Waals surface area contributed by atoms with Gasteiger partial charge in [-0.2, -0.15) is 0 Å². The van der Waals surface area contributed by atoms with Crippen molar-refractivity contribution in [1.82, 2.24) is 10.6 Å². The molecule has 0 aliphatic rings. The topological polar surface area (TPSA) is 139 Å². The average molecular weight is 708 g/mol. The molecule has 0 fully saturated rings. The summed E-state index contributed by atoms with van der Waals surface area (Å²) in [5.74, 6) is -1.16. The number of carboxylic acid groups (broad SMARTS) is 2. The Morgan fingerprint density at radius 2 is 1.00 bits per heavy atom. The average Bonchev–Trinajstić information content (AvgIpc) is 2.64. The lowest BCUT2D eigenvalue weighted by atomic mass is 10.2. The van der Waals surface area contributed by atoms with Crippen LogP contribution in [0.5, 0.6) is 11.5 Å². The zero-order valence-electron chi connectivity index (χ0n) is 17.3. The molecule has 2 aromatic rings. The smallest absolute Gasteiger partial charge is 0.300 e. The van der Waals surface area contributed by atoms with Crippen molar-refractivity contribution < 1.29 is 30.0 Å². The molecule has 32 heavy (non-hydrogen) atoms. The molecule has 0 atom stereocenters. The van der Waals surface area contributed by atoms with Crippen LogP contribution in [0, 0.1) is 0 Å². The maximum absolute atomic E-state index is 10.00. The molecule has 0 amide bonds. The van der Waals surface area contributed by atoms with Gasteiger partial charge < -0.3 is 31.1 Å². The maximum atomic E-state index is 10.00. The number of aliphatic carboxylic acids is 2. The molecule has 0 aromatic heterocycles. The number of rotatable bonds is 7. The quantitative estimate of drug-likeness (QED) is 0.216. The number of phenolic OH excluding ortho intramolecular Hbond substituents is 2. The van der Waals surface area contributed by atoms with Gasteiger partial charge in [-0.3, -0.25) is 9.59 Å². The number of halogens is 4. The minimum Gasteiger partial charge on any atom is -0.506 e. The Hall–Kier alpha value is -1.18. The predicted octanol–water partition coefficient (Wildman–Crippen LogP) is 5.21. The van der Waals surface area contributed by atoms with Crippen molar-refractivity contribution >= 4 is 75.7 Å². The van der Waals surface area contributed by atoms with E-state index in [0.717, 1.165) is 47.0 Å². The normalized spacial score (nSPS) is 9.81. The van der Waals surface area contributed by atoms with Crippen LogP contribution in [0.1, 0.15) is 25.0 Å². The summed E-state index contributed by atoms with van der Waals surface area (Å²) >= 11 is 13.5. The van der Waals surface area contributed by atoms with E-state index >= 15 is 0 Å². The Bertz CT molecular complexity index is 831. The number of carboxylic acids is 2. The van der Waals surface area contributed by atoms with E-state index in [2.05, 4.69) is 74.4 Å². The van der Waals surface area contributed by atoms with E-state index in [9.17, 15) is 10.2 Å². The molecule has 0 aliphatic heterocycles. The van der Waals surface area contributed by atoms with Gasteiger partial charge in [-0.05, 0) is 56.1 Å². The molecule has 178 valence electrons. The van der Waals surface area contributed by atoms with Gasteiger partial charge in [0, 0.05) is 60.1 Å². The number of aromatic hydroxyl groups is 2.